The van der Waals surface area contributed by atoms with E-state index in [0.717, 1.165) is 4.47 Å². The topological polar surface area (TPSA) is 101 Å². The van der Waals surface area contributed by atoms with Crippen LogP contribution in [0.2, 0.25) is 0 Å². The summed E-state index contributed by atoms with van der Waals surface area (Å²) in [6.07, 6.45) is 1.46. The molecule has 0 aliphatic carbocycles. The number of halogens is 1. The zero-order chi connectivity index (χ0) is 27.4. The van der Waals surface area contributed by atoms with Crippen LogP contribution in [0.25, 0.3) is 10.9 Å². The molecular weight excluding hydrogens is 554 g/mol. The number of hydrogen-bond donors (Lipinski definition) is 0. The molecule has 0 radical (unpaired) electrons. The van der Waals surface area contributed by atoms with Gasteiger partial charge in [0.2, 0.25) is 5.75 Å². The van der Waals surface area contributed by atoms with Crippen LogP contribution in [0.3, 0.4) is 0 Å². The van der Waals surface area contributed by atoms with Crippen molar-refractivity contribution in [1.29, 1.82) is 0 Å². The Labute approximate surface area is 227 Å². The van der Waals surface area contributed by atoms with Crippen LogP contribution in [-0.2, 0) is 0 Å². The number of hydrogen-bond acceptors (Lipinski definition) is 8. The molecule has 1 aromatic heterocycles. The Morgan fingerprint density at radius 2 is 1.66 bits per heavy atom. The van der Waals surface area contributed by atoms with E-state index in [4.69, 9.17) is 18.9 Å². The number of aromatic nitrogens is 2. The molecule has 0 N–H and O–H groups in total. The Kier molecular flexibility index (Phi) is 8.11. The molecule has 196 valence electrons. The van der Waals surface area contributed by atoms with Crippen LogP contribution in [0.15, 0.2) is 69.0 Å². The molecule has 38 heavy (non-hydrogen) atoms. The lowest BCUT2D eigenvalue weighted by molar-refractivity contribution is 0.0733. The van der Waals surface area contributed by atoms with Gasteiger partial charge in [-0.25, -0.2) is 9.78 Å². The molecule has 0 aliphatic heterocycles. The summed E-state index contributed by atoms with van der Waals surface area (Å²) < 4.78 is 23.7. The van der Waals surface area contributed by atoms with Crippen molar-refractivity contribution in [3.63, 3.8) is 0 Å². The SMILES string of the molecule is COc1cc(C(=O)Oc2ccc(Br)cc2C=Nn2c(C(C)C)nc3ccccc3c2=O)cc(OC)c1OC. The van der Waals surface area contributed by atoms with Gasteiger partial charge in [0.1, 0.15) is 11.6 Å². The first-order valence-corrected chi connectivity index (χ1v) is 12.4. The van der Waals surface area contributed by atoms with E-state index in [9.17, 15) is 9.59 Å². The fraction of sp³-hybridized carbons (Fsp3) is 0.214. The highest BCUT2D eigenvalue weighted by Gasteiger charge is 2.20. The van der Waals surface area contributed by atoms with Crippen molar-refractivity contribution in [2.45, 2.75) is 19.8 Å². The number of carbonyl (C=O) groups is 1. The van der Waals surface area contributed by atoms with Gasteiger partial charge in [-0.15, -0.1) is 0 Å². The van der Waals surface area contributed by atoms with E-state index in [2.05, 4.69) is 26.0 Å². The fourth-order valence-electron chi connectivity index (χ4n) is 3.82. The second-order valence-electron chi connectivity index (χ2n) is 8.49. The molecule has 0 unspecified atom stereocenters. The molecule has 9 nitrogen and oxygen atoms in total. The summed E-state index contributed by atoms with van der Waals surface area (Å²) in [6, 6.07) is 15.2. The minimum absolute atomic E-state index is 0.0655. The molecule has 3 aromatic carbocycles. The van der Waals surface area contributed by atoms with E-state index in [0.29, 0.717) is 39.5 Å². The summed E-state index contributed by atoms with van der Waals surface area (Å²) in [5.74, 6) is 1.04. The lowest BCUT2D eigenvalue weighted by Crippen LogP contribution is -2.23. The highest BCUT2D eigenvalue weighted by molar-refractivity contribution is 9.10. The predicted octanol–water partition coefficient (Wildman–Crippen LogP) is 5.41. The molecule has 0 atom stereocenters. The van der Waals surface area contributed by atoms with Crippen molar-refractivity contribution >= 4 is 39.0 Å². The van der Waals surface area contributed by atoms with Gasteiger partial charge in [0, 0.05) is 16.0 Å². The largest absolute Gasteiger partial charge is 0.493 e. The minimum atomic E-state index is -0.645. The standard InChI is InChI=1S/C28H26BrN3O6/c1-16(2)26-31-21-9-7-6-8-20(21)27(33)32(26)30-15-18-12-19(29)10-11-22(18)38-28(34)17-13-23(35-3)25(37-5)24(14-17)36-4/h6-16H,1-5H3. The molecule has 0 aliphatic rings. The fourth-order valence-corrected chi connectivity index (χ4v) is 4.20. The monoisotopic (exact) mass is 579 g/mol. The maximum atomic E-state index is 13.2. The molecule has 1 heterocycles. The molecule has 0 spiro atoms. The second kappa shape index (κ2) is 11.5. The third kappa shape index (κ3) is 5.40. The number of para-hydroxylation sites is 1. The van der Waals surface area contributed by atoms with Crippen molar-refractivity contribution in [3.05, 3.63) is 86.4 Å². The van der Waals surface area contributed by atoms with E-state index in [-0.39, 0.29) is 22.8 Å². The molecule has 10 heteroatoms. The van der Waals surface area contributed by atoms with Crippen LogP contribution >= 0.6 is 15.9 Å². The normalized spacial score (nSPS) is 11.2. The van der Waals surface area contributed by atoms with Crippen LogP contribution in [-0.4, -0.2) is 43.2 Å². The Morgan fingerprint density at radius 3 is 2.29 bits per heavy atom. The minimum Gasteiger partial charge on any atom is -0.493 e. The zero-order valence-electron chi connectivity index (χ0n) is 21.5. The third-order valence-electron chi connectivity index (χ3n) is 5.68. The quantitative estimate of drug-likeness (QED) is 0.156. The van der Waals surface area contributed by atoms with Crippen LogP contribution in [0, 0.1) is 0 Å². The third-order valence-corrected chi connectivity index (χ3v) is 6.18. The van der Waals surface area contributed by atoms with Crippen molar-refractivity contribution in [1.82, 2.24) is 9.66 Å². The van der Waals surface area contributed by atoms with Crippen LogP contribution in [0.1, 0.15) is 41.5 Å². The van der Waals surface area contributed by atoms with Gasteiger partial charge in [0.25, 0.3) is 5.56 Å². The predicted molar refractivity (Wildman–Crippen MR) is 148 cm³/mol. The summed E-state index contributed by atoms with van der Waals surface area (Å²) in [7, 11) is 4.41. The molecular formula is C28H26BrN3O6. The van der Waals surface area contributed by atoms with Crippen molar-refractivity contribution in [2.75, 3.05) is 21.3 Å². The van der Waals surface area contributed by atoms with Crippen molar-refractivity contribution in [3.8, 4) is 23.0 Å². The lowest BCUT2D eigenvalue weighted by atomic mass is 10.1. The van der Waals surface area contributed by atoms with Gasteiger partial charge in [0.05, 0.1) is 44.0 Å². The smallest absolute Gasteiger partial charge is 0.343 e. The Balaban J connectivity index is 1.74. The number of benzene rings is 3. The van der Waals surface area contributed by atoms with E-state index < -0.39 is 5.97 Å². The Morgan fingerprint density at radius 1 is 0.974 bits per heavy atom. The van der Waals surface area contributed by atoms with Gasteiger partial charge in [0.15, 0.2) is 11.5 Å². The van der Waals surface area contributed by atoms with Crippen LogP contribution in [0.4, 0.5) is 0 Å². The van der Waals surface area contributed by atoms with Gasteiger partial charge >= 0.3 is 5.97 Å². The average Bonchev–Trinajstić information content (AvgIpc) is 2.92. The molecule has 0 bridgehead atoms. The number of nitrogens with zero attached hydrogens (tertiary/aromatic N) is 3. The molecule has 0 saturated heterocycles. The molecule has 4 rings (SSSR count). The average molecular weight is 580 g/mol. The molecule has 0 saturated carbocycles. The van der Waals surface area contributed by atoms with Gasteiger partial charge in [-0.2, -0.15) is 9.78 Å². The molecule has 0 fully saturated rings. The summed E-state index contributed by atoms with van der Waals surface area (Å²) in [5, 5.41) is 4.91. The first kappa shape index (κ1) is 26.9. The van der Waals surface area contributed by atoms with Crippen LogP contribution in [0.5, 0.6) is 23.0 Å². The number of rotatable bonds is 8. The van der Waals surface area contributed by atoms with E-state index >= 15 is 0 Å². The number of carbonyl (C=O) groups excluding carboxylic acids is 1. The summed E-state index contributed by atoms with van der Waals surface area (Å²) in [4.78, 5) is 31.0. The molecule has 4 aromatic rings. The Bertz CT molecular complexity index is 1570. The summed E-state index contributed by atoms with van der Waals surface area (Å²) in [6.45, 7) is 3.87. The number of ether oxygens (including phenoxy) is 4. The first-order valence-electron chi connectivity index (χ1n) is 11.6. The highest BCUT2D eigenvalue weighted by atomic mass is 79.9. The number of esters is 1. The van der Waals surface area contributed by atoms with Gasteiger partial charge in [-0.1, -0.05) is 41.9 Å². The second-order valence-corrected chi connectivity index (χ2v) is 9.40. The maximum Gasteiger partial charge on any atom is 0.343 e. The van der Waals surface area contributed by atoms with Gasteiger partial charge < -0.3 is 18.9 Å². The Hall–Kier alpha value is -4.18. The van der Waals surface area contributed by atoms with Crippen molar-refractivity contribution < 1.29 is 23.7 Å². The summed E-state index contributed by atoms with van der Waals surface area (Å²) in [5.41, 5.74) is 0.980. The van der Waals surface area contributed by atoms with E-state index in [1.807, 2.05) is 19.9 Å². The zero-order valence-corrected chi connectivity index (χ0v) is 23.1. The van der Waals surface area contributed by atoms with Gasteiger partial charge in [-0.3, -0.25) is 4.79 Å². The van der Waals surface area contributed by atoms with Gasteiger partial charge in [-0.05, 0) is 42.5 Å². The van der Waals surface area contributed by atoms with E-state index in [1.54, 1.807) is 36.4 Å². The highest BCUT2D eigenvalue weighted by Crippen LogP contribution is 2.38. The maximum absolute atomic E-state index is 13.2. The van der Waals surface area contributed by atoms with E-state index in [1.165, 1.54) is 44.4 Å². The number of fused-ring (bicyclic) bond motifs is 1. The lowest BCUT2D eigenvalue weighted by Gasteiger charge is -2.14. The summed E-state index contributed by atoms with van der Waals surface area (Å²) >= 11 is 3.44. The molecule has 0 amide bonds. The number of methoxy groups -OCH3 is 3. The van der Waals surface area contributed by atoms with Crippen molar-refractivity contribution in [2.24, 2.45) is 5.10 Å². The van der Waals surface area contributed by atoms with Crippen LogP contribution < -0.4 is 24.5 Å². The first-order chi connectivity index (χ1) is 18.3.